The smallest absolute Gasteiger partial charge is 0.288 e. The van der Waals surface area contributed by atoms with Gasteiger partial charge in [0.1, 0.15) is 0 Å². The minimum atomic E-state index is -3.58. The van der Waals surface area contributed by atoms with Crippen LogP contribution >= 0.6 is 0 Å². The van der Waals surface area contributed by atoms with Gasteiger partial charge in [0.25, 0.3) is 5.91 Å². The Morgan fingerprint density at radius 2 is 1.63 bits per heavy atom. The molecule has 4 rings (SSSR count). The Kier molecular flexibility index (Phi) is 5.58. The fourth-order valence-corrected chi connectivity index (χ4v) is 5.28. The monoisotopic (exact) mass is 424 g/mol. The maximum atomic E-state index is 13.1. The number of rotatable bonds is 4. The Hall–Kier alpha value is -2.77. The number of nitrogens with zero attached hydrogens (tertiary/aromatic N) is 3. The number of fused-ring (bicyclic) bond motifs is 1. The molecule has 0 aliphatic carbocycles. The molecule has 0 spiro atoms. The first-order valence-corrected chi connectivity index (χ1v) is 11.5. The average molecular weight is 425 g/mol. The Bertz CT molecular complexity index is 1200. The van der Waals surface area contributed by atoms with Gasteiger partial charge >= 0.3 is 0 Å². The molecule has 30 heavy (non-hydrogen) atoms. The van der Waals surface area contributed by atoms with Gasteiger partial charge in [-0.25, -0.2) is 8.42 Å². The number of hydrogen-bond acceptors (Lipinski definition) is 3. The highest BCUT2D eigenvalue weighted by atomic mass is 32.2. The number of piperazine rings is 1. The van der Waals surface area contributed by atoms with Crippen molar-refractivity contribution in [2.24, 2.45) is 0 Å². The Balaban J connectivity index is 1.44. The van der Waals surface area contributed by atoms with E-state index < -0.39 is 10.0 Å². The number of sulfonamides is 1. The van der Waals surface area contributed by atoms with Gasteiger partial charge in [-0.15, -0.1) is 0 Å². The lowest BCUT2D eigenvalue weighted by Crippen LogP contribution is -2.54. The summed E-state index contributed by atoms with van der Waals surface area (Å²) in [4.78, 5) is 14.8. The van der Waals surface area contributed by atoms with Crippen LogP contribution in [-0.2, 0) is 21.4 Å². The van der Waals surface area contributed by atoms with E-state index in [0.29, 0.717) is 31.1 Å². The lowest BCUT2D eigenvalue weighted by atomic mass is 10.1. The molecular weight excluding hydrogens is 398 g/mol. The number of aryl methyl sites for hydroxylation is 1. The number of carbonyl (C=O) groups excluding carboxylic acids is 1. The van der Waals surface area contributed by atoms with Crippen LogP contribution in [0.5, 0.6) is 0 Å². The van der Waals surface area contributed by atoms with Crippen molar-refractivity contribution in [1.29, 1.82) is 0 Å². The zero-order chi connectivity index (χ0) is 21.3. The van der Waals surface area contributed by atoms with Crippen molar-refractivity contribution in [2.75, 3.05) is 26.2 Å². The van der Waals surface area contributed by atoms with E-state index in [1.54, 1.807) is 17.0 Å². The van der Waals surface area contributed by atoms with E-state index in [9.17, 15) is 13.2 Å². The fourth-order valence-electron chi connectivity index (χ4n) is 3.82. The molecule has 1 amide bonds. The van der Waals surface area contributed by atoms with Crippen molar-refractivity contribution in [3.8, 4) is 0 Å². The predicted octanol–water partition coefficient (Wildman–Crippen LogP) is 2.28. The molecule has 0 bridgehead atoms. The van der Waals surface area contributed by atoms with Crippen LogP contribution in [0.25, 0.3) is 10.8 Å². The molecular formula is C23H26N3O3S+. The van der Waals surface area contributed by atoms with Gasteiger partial charge in [0, 0.05) is 44.7 Å². The molecule has 156 valence electrons. The summed E-state index contributed by atoms with van der Waals surface area (Å²) >= 11 is 0. The molecule has 2 aromatic carbocycles. The Labute approximate surface area is 177 Å². The minimum Gasteiger partial charge on any atom is -0.335 e. The molecule has 0 atom stereocenters. The second-order valence-corrected chi connectivity index (χ2v) is 9.64. The van der Waals surface area contributed by atoms with Gasteiger partial charge in [-0.05, 0) is 35.9 Å². The Morgan fingerprint density at radius 1 is 0.933 bits per heavy atom. The van der Waals surface area contributed by atoms with Gasteiger partial charge in [-0.1, -0.05) is 30.3 Å². The van der Waals surface area contributed by atoms with E-state index in [4.69, 9.17) is 0 Å². The number of pyridine rings is 1. The van der Waals surface area contributed by atoms with Crippen LogP contribution in [0.1, 0.15) is 11.3 Å². The summed E-state index contributed by atoms with van der Waals surface area (Å²) in [6, 6.07) is 16.9. The molecule has 2 heterocycles. The highest BCUT2D eigenvalue weighted by molar-refractivity contribution is 7.89. The van der Waals surface area contributed by atoms with Crippen molar-refractivity contribution in [3.05, 3.63) is 72.1 Å². The third kappa shape index (κ3) is 3.95. The van der Waals surface area contributed by atoms with Crippen LogP contribution < -0.4 is 4.57 Å². The van der Waals surface area contributed by atoms with Crippen LogP contribution in [0.3, 0.4) is 0 Å². The van der Waals surface area contributed by atoms with Crippen molar-refractivity contribution in [1.82, 2.24) is 9.21 Å². The second kappa shape index (κ2) is 8.16. The first-order chi connectivity index (χ1) is 14.4. The van der Waals surface area contributed by atoms with Crippen molar-refractivity contribution < 1.29 is 17.8 Å². The van der Waals surface area contributed by atoms with Gasteiger partial charge in [-0.2, -0.15) is 8.87 Å². The summed E-state index contributed by atoms with van der Waals surface area (Å²) in [7, 11) is -3.58. The molecule has 1 fully saturated rings. The normalized spacial score (nSPS) is 15.5. The first-order valence-electron chi connectivity index (χ1n) is 10.1. The summed E-state index contributed by atoms with van der Waals surface area (Å²) in [5, 5.41) is 1.91. The fraction of sp³-hybridized carbons (Fsp3) is 0.304. The minimum absolute atomic E-state index is 0.0106. The number of benzene rings is 2. The van der Waals surface area contributed by atoms with E-state index in [0.717, 1.165) is 22.0 Å². The summed E-state index contributed by atoms with van der Waals surface area (Å²) in [5.41, 5.74) is 2.19. The standard InChI is InChI=1S/C23H26N3O3S/c1-18-6-5-11-25(19(18)2)17-23(27)24-12-14-26(15-13-24)30(28,29)22-10-9-20-7-3-4-8-21(20)16-22/h3-11,16H,12-15,17H2,1-2H3/q+1. The van der Waals surface area contributed by atoms with E-state index in [1.165, 1.54) is 4.31 Å². The van der Waals surface area contributed by atoms with Gasteiger partial charge in [0.05, 0.1) is 4.90 Å². The van der Waals surface area contributed by atoms with E-state index in [-0.39, 0.29) is 12.5 Å². The summed E-state index contributed by atoms with van der Waals surface area (Å²) < 4.78 is 29.6. The molecule has 1 aliphatic heterocycles. The van der Waals surface area contributed by atoms with Crippen LogP contribution in [-0.4, -0.2) is 49.7 Å². The maximum Gasteiger partial charge on any atom is 0.288 e. The Morgan fingerprint density at radius 3 is 2.37 bits per heavy atom. The summed E-state index contributed by atoms with van der Waals surface area (Å²) in [6.07, 6.45) is 1.90. The largest absolute Gasteiger partial charge is 0.335 e. The summed E-state index contributed by atoms with van der Waals surface area (Å²) in [5.74, 6) is 0.0106. The number of amides is 1. The van der Waals surface area contributed by atoms with Crippen molar-refractivity contribution in [2.45, 2.75) is 25.3 Å². The molecule has 0 radical (unpaired) electrons. The van der Waals surface area contributed by atoms with Crippen LogP contribution in [0.15, 0.2) is 65.7 Å². The van der Waals surface area contributed by atoms with E-state index in [1.807, 2.05) is 67.1 Å². The summed E-state index contributed by atoms with van der Waals surface area (Å²) in [6.45, 7) is 5.69. The van der Waals surface area contributed by atoms with Gasteiger partial charge in [-0.3, -0.25) is 4.79 Å². The molecule has 6 nitrogen and oxygen atoms in total. The molecule has 7 heteroatoms. The third-order valence-electron chi connectivity index (χ3n) is 5.87. The van der Waals surface area contributed by atoms with E-state index in [2.05, 4.69) is 0 Å². The van der Waals surface area contributed by atoms with Crippen LogP contribution in [0.2, 0.25) is 0 Å². The van der Waals surface area contributed by atoms with Gasteiger partial charge < -0.3 is 4.90 Å². The number of aromatic nitrogens is 1. The van der Waals surface area contributed by atoms with Crippen LogP contribution in [0, 0.1) is 13.8 Å². The highest BCUT2D eigenvalue weighted by Crippen LogP contribution is 2.22. The zero-order valence-electron chi connectivity index (χ0n) is 17.3. The predicted molar refractivity (Wildman–Crippen MR) is 115 cm³/mol. The quantitative estimate of drug-likeness (QED) is 0.604. The molecule has 1 aliphatic rings. The molecule has 0 saturated carbocycles. The second-order valence-electron chi connectivity index (χ2n) is 7.70. The number of hydrogen-bond donors (Lipinski definition) is 0. The SMILES string of the molecule is Cc1ccc[n+](CC(=O)N2CCN(S(=O)(=O)c3ccc4ccccc4c3)CC2)c1C. The highest BCUT2D eigenvalue weighted by Gasteiger charge is 2.31. The van der Waals surface area contributed by atoms with Crippen molar-refractivity contribution in [3.63, 3.8) is 0 Å². The lowest BCUT2D eigenvalue weighted by Gasteiger charge is -2.33. The zero-order valence-corrected chi connectivity index (χ0v) is 18.1. The molecule has 1 saturated heterocycles. The van der Waals surface area contributed by atoms with Gasteiger partial charge in [0.15, 0.2) is 11.9 Å². The molecule has 3 aromatic rings. The topological polar surface area (TPSA) is 61.6 Å². The maximum absolute atomic E-state index is 13.1. The van der Waals surface area contributed by atoms with E-state index >= 15 is 0 Å². The third-order valence-corrected chi connectivity index (χ3v) is 7.76. The average Bonchev–Trinajstić information content (AvgIpc) is 2.76. The molecule has 1 aromatic heterocycles. The molecule has 0 unspecified atom stereocenters. The van der Waals surface area contributed by atoms with Crippen LogP contribution in [0.4, 0.5) is 0 Å². The van der Waals surface area contributed by atoms with Gasteiger partial charge in [0.2, 0.25) is 16.6 Å². The number of carbonyl (C=O) groups is 1. The van der Waals surface area contributed by atoms with Crippen molar-refractivity contribution >= 4 is 26.7 Å². The molecule has 0 N–H and O–H groups in total. The first kappa shape index (κ1) is 20.5. The lowest BCUT2D eigenvalue weighted by molar-refractivity contribution is -0.691.